The molecule has 6 nitrogen and oxygen atoms in total. The molecule has 130 valence electrons. The van der Waals surface area contributed by atoms with E-state index >= 15 is 0 Å². The van der Waals surface area contributed by atoms with E-state index < -0.39 is 17.9 Å². The van der Waals surface area contributed by atoms with Crippen molar-refractivity contribution in [3.05, 3.63) is 29.6 Å². The molecule has 2 amide bonds. The molecule has 3 rings (SSSR count). The van der Waals surface area contributed by atoms with Gasteiger partial charge in [-0.05, 0) is 11.6 Å². The Bertz CT molecular complexity index is 647. The summed E-state index contributed by atoms with van der Waals surface area (Å²) in [7, 11) is 1.59. The number of carbonyl (C=O) groups is 2. The Morgan fingerprint density at radius 2 is 2.00 bits per heavy atom. The summed E-state index contributed by atoms with van der Waals surface area (Å²) in [5.74, 6) is -0.178. The summed E-state index contributed by atoms with van der Waals surface area (Å²) in [6.45, 7) is 1.87. The monoisotopic (exact) mass is 342 g/mol. The van der Waals surface area contributed by atoms with E-state index in [2.05, 4.69) is 4.98 Å². The molecule has 0 aliphatic carbocycles. The summed E-state index contributed by atoms with van der Waals surface area (Å²) in [6, 6.07) is 1.82. The minimum atomic E-state index is -4.45. The topological polar surface area (TPSA) is 56.8 Å². The first-order valence-corrected chi connectivity index (χ1v) is 7.54. The highest BCUT2D eigenvalue weighted by molar-refractivity contribution is 5.95. The number of halogens is 3. The smallest absolute Gasteiger partial charge is 0.335 e. The second-order valence-corrected chi connectivity index (χ2v) is 6.08. The molecular formula is C15H17F3N4O2. The van der Waals surface area contributed by atoms with Crippen molar-refractivity contribution in [3.8, 4) is 0 Å². The summed E-state index contributed by atoms with van der Waals surface area (Å²) in [6.07, 6.45) is -3.25. The Morgan fingerprint density at radius 1 is 1.25 bits per heavy atom. The molecule has 3 heterocycles. The van der Waals surface area contributed by atoms with E-state index in [1.54, 1.807) is 11.9 Å². The summed E-state index contributed by atoms with van der Waals surface area (Å²) >= 11 is 0. The molecule has 0 radical (unpaired) electrons. The Kier molecular flexibility index (Phi) is 4.20. The molecule has 2 aliphatic rings. The number of alkyl halides is 3. The fourth-order valence-electron chi connectivity index (χ4n) is 3.06. The number of fused-ring (bicyclic) bond motifs is 1. The third-order valence-corrected chi connectivity index (χ3v) is 4.34. The Morgan fingerprint density at radius 3 is 2.62 bits per heavy atom. The van der Waals surface area contributed by atoms with Crippen molar-refractivity contribution in [3.63, 3.8) is 0 Å². The molecule has 1 aromatic heterocycles. The molecule has 9 heteroatoms. The second-order valence-electron chi connectivity index (χ2n) is 6.08. The minimum absolute atomic E-state index is 0.0713. The quantitative estimate of drug-likeness (QED) is 0.789. The molecule has 1 aromatic rings. The zero-order chi connectivity index (χ0) is 17.5. The molecule has 2 aliphatic heterocycles. The van der Waals surface area contributed by atoms with Gasteiger partial charge in [-0.25, -0.2) is 0 Å². The predicted octanol–water partition coefficient (Wildman–Crippen LogP) is 0.585. The molecule has 24 heavy (non-hydrogen) atoms. The number of nitrogens with zero attached hydrogens (tertiary/aromatic N) is 4. The third kappa shape index (κ3) is 3.21. The molecule has 0 bridgehead atoms. The van der Waals surface area contributed by atoms with E-state index in [4.69, 9.17) is 0 Å². The standard InChI is InChI=1S/C15H17F3N4O2/c1-20-9-13(23)22-5-4-21(8-11(22)14(20)24)7-10-2-3-12(19-6-10)15(16,17)18/h2-3,6,11H,4-5,7-9H2,1H3/t11-/m0/s1. The zero-order valence-corrected chi connectivity index (χ0v) is 13.1. The maximum atomic E-state index is 12.5. The van der Waals surface area contributed by atoms with Crippen LogP contribution in [0.5, 0.6) is 0 Å². The van der Waals surface area contributed by atoms with Gasteiger partial charge in [0, 0.05) is 39.4 Å². The normalized spacial score (nSPS) is 22.8. The lowest BCUT2D eigenvalue weighted by Gasteiger charge is -2.45. The van der Waals surface area contributed by atoms with Crippen molar-refractivity contribution in [2.75, 3.05) is 33.2 Å². The van der Waals surface area contributed by atoms with E-state index in [0.717, 1.165) is 6.07 Å². The van der Waals surface area contributed by atoms with E-state index in [0.29, 0.717) is 31.7 Å². The van der Waals surface area contributed by atoms with Crippen LogP contribution in [0.25, 0.3) is 0 Å². The van der Waals surface area contributed by atoms with Crippen molar-refractivity contribution in [2.24, 2.45) is 0 Å². The lowest BCUT2D eigenvalue weighted by atomic mass is 10.1. The lowest BCUT2D eigenvalue weighted by molar-refractivity contribution is -0.158. The number of rotatable bonds is 2. The largest absolute Gasteiger partial charge is 0.433 e. The maximum absolute atomic E-state index is 12.5. The van der Waals surface area contributed by atoms with Crippen molar-refractivity contribution in [1.29, 1.82) is 0 Å². The van der Waals surface area contributed by atoms with Crippen LogP contribution >= 0.6 is 0 Å². The molecule has 0 spiro atoms. The molecule has 0 saturated carbocycles. The number of likely N-dealkylation sites (N-methyl/N-ethyl adjacent to an activating group) is 1. The van der Waals surface area contributed by atoms with E-state index in [1.165, 1.54) is 17.2 Å². The van der Waals surface area contributed by atoms with Crippen molar-refractivity contribution >= 4 is 11.8 Å². The van der Waals surface area contributed by atoms with Gasteiger partial charge >= 0.3 is 6.18 Å². The molecule has 0 aromatic carbocycles. The number of carbonyl (C=O) groups excluding carboxylic acids is 2. The first-order valence-electron chi connectivity index (χ1n) is 7.54. The van der Waals surface area contributed by atoms with Gasteiger partial charge in [0.15, 0.2) is 0 Å². The van der Waals surface area contributed by atoms with Gasteiger partial charge in [0.05, 0.1) is 6.54 Å². The van der Waals surface area contributed by atoms with Crippen LogP contribution in [0.2, 0.25) is 0 Å². The molecule has 2 saturated heterocycles. The summed E-state index contributed by atoms with van der Waals surface area (Å²) in [4.78, 5) is 32.6. The summed E-state index contributed by atoms with van der Waals surface area (Å²) in [5.41, 5.74) is -0.287. The van der Waals surface area contributed by atoms with Crippen LogP contribution in [-0.2, 0) is 22.3 Å². The van der Waals surface area contributed by atoms with Gasteiger partial charge < -0.3 is 9.80 Å². The Labute approximate surface area is 136 Å². The summed E-state index contributed by atoms with van der Waals surface area (Å²) < 4.78 is 37.6. The van der Waals surface area contributed by atoms with Crippen molar-refractivity contribution < 1.29 is 22.8 Å². The van der Waals surface area contributed by atoms with Gasteiger partial charge in [0.1, 0.15) is 11.7 Å². The number of piperazine rings is 2. The fourth-order valence-corrected chi connectivity index (χ4v) is 3.06. The first kappa shape index (κ1) is 16.7. The average Bonchev–Trinajstić information content (AvgIpc) is 2.52. The summed E-state index contributed by atoms with van der Waals surface area (Å²) in [5, 5.41) is 0. The van der Waals surface area contributed by atoms with Crippen LogP contribution in [0.4, 0.5) is 13.2 Å². The molecule has 1 atom stereocenters. The van der Waals surface area contributed by atoms with Crippen molar-refractivity contribution in [1.82, 2.24) is 19.7 Å². The van der Waals surface area contributed by atoms with Crippen LogP contribution in [0.15, 0.2) is 18.3 Å². The van der Waals surface area contributed by atoms with Gasteiger partial charge in [-0.3, -0.25) is 19.5 Å². The highest BCUT2D eigenvalue weighted by Crippen LogP contribution is 2.27. The van der Waals surface area contributed by atoms with E-state index in [-0.39, 0.29) is 18.4 Å². The maximum Gasteiger partial charge on any atom is 0.433 e. The van der Waals surface area contributed by atoms with E-state index in [1.807, 2.05) is 4.90 Å². The number of hydrogen-bond donors (Lipinski definition) is 0. The SMILES string of the molecule is CN1CC(=O)N2CCN(Cc3ccc(C(F)(F)F)nc3)C[C@H]2C1=O. The highest BCUT2D eigenvalue weighted by Gasteiger charge is 2.41. The van der Waals surface area contributed by atoms with Crippen LogP contribution in [0.1, 0.15) is 11.3 Å². The van der Waals surface area contributed by atoms with Crippen LogP contribution < -0.4 is 0 Å². The Hall–Kier alpha value is -2.16. The molecule has 0 N–H and O–H groups in total. The number of aromatic nitrogens is 1. The van der Waals surface area contributed by atoms with Crippen LogP contribution in [0, 0.1) is 0 Å². The second kappa shape index (κ2) is 6.04. The average molecular weight is 342 g/mol. The molecule has 0 unspecified atom stereocenters. The molecule has 2 fully saturated rings. The number of hydrogen-bond acceptors (Lipinski definition) is 4. The number of amides is 2. The minimum Gasteiger partial charge on any atom is -0.335 e. The molecular weight excluding hydrogens is 325 g/mol. The van der Waals surface area contributed by atoms with Gasteiger partial charge in [-0.2, -0.15) is 13.2 Å². The van der Waals surface area contributed by atoms with Gasteiger partial charge in [-0.1, -0.05) is 6.07 Å². The van der Waals surface area contributed by atoms with Gasteiger partial charge in [-0.15, -0.1) is 0 Å². The lowest BCUT2D eigenvalue weighted by Crippen LogP contribution is -2.65. The van der Waals surface area contributed by atoms with Gasteiger partial charge in [0.2, 0.25) is 11.8 Å². The van der Waals surface area contributed by atoms with Gasteiger partial charge in [0.25, 0.3) is 0 Å². The van der Waals surface area contributed by atoms with E-state index in [9.17, 15) is 22.8 Å². The van der Waals surface area contributed by atoms with Crippen LogP contribution in [-0.4, -0.2) is 70.8 Å². The highest BCUT2D eigenvalue weighted by atomic mass is 19.4. The van der Waals surface area contributed by atoms with Crippen molar-refractivity contribution in [2.45, 2.75) is 18.8 Å². The van der Waals surface area contributed by atoms with Crippen LogP contribution in [0.3, 0.4) is 0 Å². The fraction of sp³-hybridized carbons (Fsp3) is 0.533. The zero-order valence-electron chi connectivity index (χ0n) is 13.1. The third-order valence-electron chi connectivity index (χ3n) is 4.34. The number of pyridine rings is 1. The Balaban J connectivity index is 1.67. The predicted molar refractivity (Wildman–Crippen MR) is 77.7 cm³/mol. The first-order chi connectivity index (χ1) is 11.3.